The van der Waals surface area contributed by atoms with Crippen molar-refractivity contribution in [2.75, 3.05) is 5.75 Å². The number of carboxylic acid groups (broad SMARTS) is 1. The van der Waals surface area contributed by atoms with Crippen molar-refractivity contribution in [2.45, 2.75) is 77.0 Å². The average Bonchev–Trinajstić information content (AvgIpc) is 2.59. The van der Waals surface area contributed by atoms with E-state index < -0.39 is 24.2 Å². The summed E-state index contributed by atoms with van der Waals surface area (Å²) in [5.41, 5.74) is 5.50. The summed E-state index contributed by atoms with van der Waals surface area (Å²) in [7, 11) is 0. The Balaban J connectivity index is 4.69. The van der Waals surface area contributed by atoms with Gasteiger partial charge in [0, 0.05) is 31.2 Å². The van der Waals surface area contributed by atoms with Crippen LogP contribution in [0.4, 0.5) is 0 Å². The topological polar surface area (TPSA) is 136 Å². The maximum atomic E-state index is 12.5. The average molecular weight is 405 g/mol. The second-order valence-corrected chi connectivity index (χ2v) is 7.01. The summed E-state index contributed by atoms with van der Waals surface area (Å²) in [5.74, 6) is -1.60. The van der Waals surface area contributed by atoms with E-state index in [0.29, 0.717) is 18.6 Å². The molecule has 1 amide bonds. The number of ether oxygens (including phenoxy) is 1. The third-order valence-corrected chi connectivity index (χ3v) is 4.44. The first-order chi connectivity index (χ1) is 12.8. The summed E-state index contributed by atoms with van der Waals surface area (Å²) in [6, 6.07) is -0.450. The Kier molecular flexibility index (Phi) is 14.5. The van der Waals surface area contributed by atoms with Gasteiger partial charge in [0.2, 0.25) is 5.91 Å². The summed E-state index contributed by atoms with van der Waals surface area (Å²) in [4.78, 5) is 45.9. The number of amides is 1. The van der Waals surface area contributed by atoms with Crippen LogP contribution in [0.2, 0.25) is 0 Å². The Morgan fingerprint density at radius 1 is 1.19 bits per heavy atom. The molecule has 0 saturated carbocycles. The molecular weight excluding hydrogens is 372 g/mol. The number of unbranched alkanes of at least 4 members (excludes halogenated alkanes) is 2. The lowest BCUT2D eigenvalue weighted by Gasteiger charge is -2.21. The molecule has 0 aliphatic rings. The monoisotopic (exact) mass is 404 g/mol. The fourth-order valence-corrected chi connectivity index (χ4v) is 3.01. The zero-order valence-corrected chi connectivity index (χ0v) is 16.8. The van der Waals surface area contributed by atoms with E-state index in [1.165, 1.54) is 0 Å². The molecule has 0 rings (SSSR count). The molecule has 0 spiro atoms. The Labute approximate surface area is 166 Å². The number of rotatable bonds is 17. The molecular formula is C18H32N2O6S. The number of hydrogen-bond donors (Lipinski definition) is 4. The van der Waals surface area contributed by atoms with Gasteiger partial charge in [0.05, 0.1) is 6.42 Å². The lowest BCUT2D eigenvalue weighted by Crippen LogP contribution is -2.41. The van der Waals surface area contributed by atoms with Crippen LogP contribution in [0.25, 0.3) is 0 Å². The van der Waals surface area contributed by atoms with E-state index in [-0.39, 0.29) is 43.8 Å². The molecule has 0 aliphatic heterocycles. The highest BCUT2D eigenvalue weighted by atomic mass is 32.1. The van der Waals surface area contributed by atoms with E-state index in [2.05, 4.69) is 22.7 Å². The lowest BCUT2D eigenvalue weighted by molar-refractivity contribution is -0.138. The van der Waals surface area contributed by atoms with Gasteiger partial charge >= 0.3 is 5.97 Å². The second-order valence-electron chi connectivity index (χ2n) is 6.56. The molecule has 0 aliphatic carbocycles. The van der Waals surface area contributed by atoms with Crippen LogP contribution in [0.1, 0.15) is 64.7 Å². The zero-order chi connectivity index (χ0) is 20.7. The van der Waals surface area contributed by atoms with Gasteiger partial charge in [-0.3, -0.25) is 24.9 Å². The first kappa shape index (κ1) is 25.4. The highest BCUT2D eigenvalue weighted by Gasteiger charge is 2.24. The number of carbonyl (C=O) groups is 4. The molecule has 0 fully saturated rings. The minimum atomic E-state index is -0.970. The minimum Gasteiger partial charge on any atom is -0.481 e. The van der Waals surface area contributed by atoms with Crippen LogP contribution in [-0.2, 0) is 23.9 Å². The third kappa shape index (κ3) is 13.2. The van der Waals surface area contributed by atoms with E-state index in [1.807, 2.05) is 6.92 Å². The van der Waals surface area contributed by atoms with Crippen molar-refractivity contribution in [3.63, 3.8) is 0 Å². The molecule has 0 radical (unpaired) electrons. The summed E-state index contributed by atoms with van der Waals surface area (Å²) in [6.45, 7) is 2.28. The predicted octanol–water partition coefficient (Wildman–Crippen LogP) is 1.66. The molecule has 4 N–H and O–H groups in total. The van der Waals surface area contributed by atoms with Gasteiger partial charge in [-0.15, -0.1) is 0 Å². The number of carboxylic acids is 1. The Morgan fingerprint density at radius 3 is 2.44 bits per heavy atom. The smallest absolute Gasteiger partial charge is 0.305 e. The fraction of sp³-hybridized carbons (Fsp3) is 0.778. The number of thiol groups is 1. The maximum absolute atomic E-state index is 12.5. The number of nitrogens with one attached hydrogen (secondary N) is 1. The van der Waals surface area contributed by atoms with Crippen LogP contribution >= 0.6 is 12.6 Å². The molecule has 0 aromatic heterocycles. The normalized spacial score (nSPS) is 14.0. The molecule has 0 bridgehead atoms. The van der Waals surface area contributed by atoms with Crippen LogP contribution in [0.3, 0.4) is 0 Å². The van der Waals surface area contributed by atoms with E-state index in [9.17, 15) is 19.2 Å². The van der Waals surface area contributed by atoms with Crippen LogP contribution in [0.5, 0.6) is 0 Å². The third-order valence-electron chi connectivity index (χ3n) is 4.18. The molecule has 27 heavy (non-hydrogen) atoms. The molecule has 3 atom stereocenters. The number of ketones is 1. The Bertz CT molecular complexity index is 475. The standard InChI is InChI=1S/C18H32N2O6S/c1-2-3-4-5-14(11-17(23)24)20-18(25)13(8-9-27)10-15(22)6-7-16(19)26-12-21/h12-14,16,27H,2-11,19H2,1H3,(H,20,25)(H,23,24). The number of nitrogens with two attached hydrogens (primary N) is 1. The van der Waals surface area contributed by atoms with Crippen molar-refractivity contribution >= 4 is 36.8 Å². The number of hydrogen-bond acceptors (Lipinski definition) is 7. The van der Waals surface area contributed by atoms with Crippen molar-refractivity contribution in [2.24, 2.45) is 11.7 Å². The number of aliphatic carboxylic acids is 1. The molecule has 0 aromatic rings. The van der Waals surface area contributed by atoms with Crippen molar-refractivity contribution in [1.29, 1.82) is 0 Å². The van der Waals surface area contributed by atoms with Crippen LogP contribution < -0.4 is 11.1 Å². The van der Waals surface area contributed by atoms with Gasteiger partial charge in [-0.25, -0.2) is 0 Å². The summed E-state index contributed by atoms with van der Waals surface area (Å²) in [5, 5.41) is 11.8. The van der Waals surface area contributed by atoms with Gasteiger partial charge in [-0.1, -0.05) is 26.2 Å². The Hall–Kier alpha value is -1.61. The molecule has 0 heterocycles. The highest BCUT2D eigenvalue weighted by Crippen LogP contribution is 2.15. The van der Waals surface area contributed by atoms with Gasteiger partial charge in [-0.05, 0) is 18.6 Å². The number of Topliss-reactive ketones (excluding diaryl/α,β-unsaturated/α-hetero) is 1. The molecule has 3 unspecified atom stereocenters. The van der Waals surface area contributed by atoms with Gasteiger partial charge in [0.1, 0.15) is 5.78 Å². The molecule has 0 aromatic carbocycles. The zero-order valence-electron chi connectivity index (χ0n) is 15.9. The quantitative estimate of drug-likeness (QED) is 0.125. The first-order valence-corrected chi connectivity index (χ1v) is 9.96. The molecule has 0 saturated heterocycles. The van der Waals surface area contributed by atoms with Crippen LogP contribution in [0, 0.1) is 5.92 Å². The second kappa shape index (κ2) is 15.4. The Morgan fingerprint density at radius 2 is 1.89 bits per heavy atom. The van der Waals surface area contributed by atoms with Crippen molar-refractivity contribution in [1.82, 2.24) is 5.32 Å². The summed E-state index contributed by atoms with van der Waals surface area (Å²) in [6.07, 6.45) is 3.11. The van der Waals surface area contributed by atoms with E-state index in [0.717, 1.165) is 19.3 Å². The van der Waals surface area contributed by atoms with Crippen LogP contribution in [-0.4, -0.2) is 47.3 Å². The van der Waals surface area contributed by atoms with Gasteiger partial charge in [0.15, 0.2) is 6.23 Å². The largest absolute Gasteiger partial charge is 0.481 e. The fourth-order valence-electron chi connectivity index (χ4n) is 2.70. The van der Waals surface area contributed by atoms with Gasteiger partial charge in [-0.2, -0.15) is 12.6 Å². The predicted molar refractivity (Wildman–Crippen MR) is 104 cm³/mol. The highest BCUT2D eigenvalue weighted by molar-refractivity contribution is 7.80. The van der Waals surface area contributed by atoms with Gasteiger partial charge < -0.3 is 15.2 Å². The SMILES string of the molecule is CCCCCC(CC(=O)O)NC(=O)C(CCS)CC(=O)CCC(N)OC=O. The van der Waals surface area contributed by atoms with E-state index >= 15 is 0 Å². The minimum absolute atomic E-state index is 0.0228. The molecule has 9 heteroatoms. The van der Waals surface area contributed by atoms with Gasteiger partial charge in [0.25, 0.3) is 6.47 Å². The lowest BCUT2D eigenvalue weighted by atomic mass is 9.95. The van der Waals surface area contributed by atoms with Crippen molar-refractivity contribution in [3.8, 4) is 0 Å². The van der Waals surface area contributed by atoms with Crippen LogP contribution in [0.15, 0.2) is 0 Å². The molecule has 8 nitrogen and oxygen atoms in total. The van der Waals surface area contributed by atoms with E-state index in [4.69, 9.17) is 10.8 Å². The summed E-state index contributed by atoms with van der Waals surface area (Å²) >= 11 is 4.14. The maximum Gasteiger partial charge on any atom is 0.305 e. The summed E-state index contributed by atoms with van der Waals surface area (Å²) < 4.78 is 4.53. The van der Waals surface area contributed by atoms with Crippen molar-refractivity contribution < 1.29 is 29.0 Å². The van der Waals surface area contributed by atoms with E-state index in [1.54, 1.807) is 0 Å². The number of carbonyl (C=O) groups excluding carboxylic acids is 3. The first-order valence-electron chi connectivity index (χ1n) is 9.33. The van der Waals surface area contributed by atoms with Crippen molar-refractivity contribution in [3.05, 3.63) is 0 Å². The molecule has 156 valence electrons.